The zero-order chi connectivity index (χ0) is 12.8. The first kappa shape index (κ1) is 14.0. The first-order valence-corrected chi connectivity index (χ1v) is 6.10. The van der Waals surface area contributed by atoms with Gasteiger partial charge in [0.05, 0.1) is 11.6 Å². The van der Waals surface area contributed by atoms with E-state index in [-0.39, 0.29) is 11.8 Å². The molecule has 0 bridgehead atoms. The van der Waals surface area contributed by atoms with Gasteiger partial charge in [0.15, 0.2) is 0 Å². The summed E-state index contributed by atoms with van der Waals surface area (Å²) in [5.74, 6) is -0.494. The summed E-state index contributed by atoms with van der Waals surface area (Å²) in [7, 11) is 1.37. The van der Waals surface area contributed by atoms with E-state index >= 15 is 0 Å². The van der Waals surface area contributed by atoms with E-state index in [2.05, 4.69) is 26.0 Å². The van der Waals surface area contributed by atoms with E-state index < -0.39 is 0 Å². The summed E-state index contributed by atoms with van der Waals surface area (Å²) >= 11 is 3.13. The lowest BCUT2D eigenvalue weighted by Crippen LogP contribution is -2.07. The zero-order valence-electron chi connectivity index (χ0n) is 9.85. The Bertz CT molecular complexity index is 410. The Kier molecular flexibility index (Phi) is 5.41. The van der Waals surface area contributed by atoms with Gasteiger partial charge in [-0.15, -0.1) is 0 Å². The molecule has 0 atom stereocenters. The van der Waals surface area contributed by atoms with Crippen LogP contribution in [-0.2, 0) is 9.53 Å². The van der Waals surface area contributed by atoms with Crippen LogP contribution in [0.3, 0.4) is 0 Å². The first-order chi connectivity index (χ1) is 8.04. The van der Waals surface area contributed by atoms with Crippen molar-refractivity contribution in [1.82, 2.24) is 0 Å². The quantitative estimate of drug-likeness (QED) is 0.670. The molecular formula is C12H15BrFNO2. The molecule has 0 saturated carbocycles. The Hall–Kier alpha value is -1.10. The second-order valence-corrected chi connectivity index (χ2v) is 4.54. The first-order valence-electron chi connectivity index (χ1n) is 5.31. The molecule has 1 aromatic carbocycles. The molecule has 1 aromatic rings. The number of aryl methyl sites for hydroxylation is 1. The van der Waals surface area contributed by atoms with Gasteiger partial charge >= 0.3 is 5.97 Å². The number of benzene rings is 1. The molecule has 1 N–H and O–H groups in total. The highest BCUT2D eigenvalue weighted by molar-refractivity contribution is 9.10. The maximum absolute atomic E-state index is 13.2. The summed E-state index contributed by atoms with van der Waals surface area (Å²) in [6.45, 7) is 2.48. The molecule has 0 fully saturated rings. The number of nitrogens with one attached hydrogen (secondary N) is 1. The second kappa shape index (κ2) is 6.59. The maximum Gasteiger partial charge on any atom is 0.305 e. The van der Waals surface area contributed by atoms with E-state index in [0.29, 0.717) is 23.9 Å². The van der Waals surface area contributed by atoms with Crippen LogP contribution in [0.5, 0.6) is 0 Å². The Balaban J connectivity index is 2.47. The third kappa shape index (κ3) is 4.34. The lowest BCUT2D eigenvalue weighted by molar-refractivity contribution is -0.140. The number of halogens is 2. The van der Waals surface area contributed by atoms with E-state index in [9.17, 15) is 9.18 Å². The Labute approximate surface area is 108 Å². The highest BCUT2D eigenvalue weighted by atomic mass is 79.9. The number of carbonyl (C=O) groups excluding carboxylic acids is 1. The van der Waals surface area contributed by atoms with Crippen LogP contribution in [0.25, 0.3) is 0 Å². The third-order valence-electron chi connectivity index (χ3n) is 2.37. The number of rotatable bonds is 5. The molecule has 17 heavy (non-hydrogen) atoms. The summed E-state index contributed by atoms with van der Waals surface area (Å²) in [5.41, 5.74) is 1.70. The van der Waals surface area contributed by atoms with Crippen molar-refractivity contribution in [2.24, 2.45) is 0 Å². The van der Waals surface area contributed by atoms with Gasteiger partial charge in [0.25, 0.3) is 0 Å². The molecule has 3 nitrogen and oxygen atoms in total. The Morgan fingerprint density at radius 3 is 2.88 bits per heavy atom. The average Bonchev–Trinajstić information content (AvgIpc) is 2.30. The normalized spacial score (nSPS) is 10.1. The van der Waals surface area contributed by atoms with E-state index in [1.165, 1.54) is 13.2 Å². The summed E-state index contributed by atoms with van der Waals surface area (Å²) < 4.78 is 18.1. The van der Waals surface area contributed by atoms with Crippen LogP contribution < -0.4 is 5.32 Å². The molecule has 5 heteroatoms. The van der Waals surface area contributed by atoms with Gasteiger partial charge in [0.1, 0.15) is 5.82 Å². The third-order valence-corrected chi connectivity index (χ3v) is 2.98. The van der Waals surface area contributed by atoms with Gasteiger partial charge in [-0.2, -0.15) is 0 Å². The van der Waals surface area contributed by atoms with Crippen molar-refractivity contribution in [2.75, 3.05) is 19.0 Å². The second-order valence-electron chi connectivity index (χ2n) is 3.69. The van der Waals surface area contributed by atoms with Gasteiger partial charge in [-0.1, -0.05) is 0 Å². The lowest BCUT2D eigenvalue weighted by Gasteiger charge is -2.10. The van der Waals surface area contributed by atoms with Crippen LogP contribution in [-0.4, -0.2) is 19.6 Å². The zero-order valence-corrected chi connectivity index (χ0v) is 11.4. The van der Waals surface area contributed by atoms with E-state index in [1.807, 2.05) is 6.92 Å². The molecule has 0 unspecified atom stereocenters. The van der Waals surface area contributed by atoms with Crippen molar-refractivity contribution >= 4 is 27.6 Å². The smallest absolute Gasteiger partial charge is 0.305 e. The van der Waals surface area contributed by atoms with Crippen LogP contribution in [0.1, 0.15) is 18.4 Å². The molecule has 0 saturated heterocycles. The van der Waals surface area contributed by atoms with E-state index in [1.54, 1.807) is 6.07 Å². The molecular weight excluding hydrogens is 289 g/mol. The van der Waals surface area contributed by atoms with E-state index in [0.717, 1.165) is 11.3 Å². The number of anilines is 1. The summed E-state index contributed by atoms with van der Waals surface area (Å²) in [6.07, 6.45) is 1.06. The number of ether oxygens (including phenoxy) is 1. The van der Waals surface area contributed by atoms with E-state index in [4.69, 9.17) is 0 Å². The summed E-state index contributed by atoms with van der Waals surface area (Å²) in [6, 6.07) is 3.16. The van der Waals surface area contributed by atoms with Gasteiger partial charge in [-0.05, 0) is 47.0 Å². The molecule has 0 aliphatic carbocycles. The molecule has 0 aliphatic rings. The van der Waals surface area contributed by atoms with Crippen LogP contribution >= 0.6 is 15.9 Å². The SMILES string of the molecule is COC(=O)CCCNc1cc(Br)c(F)cc1C. The lowest BCUT2D eigenvalue weighted by atomic mass is 10.2. The monoisotopic (exact) mass is 303 g/mol. The van der Waals surface area contributed by atoms with Gasteiger partial charge in [-0.25, -0.2) is 4.39 Å². The predicted octanol–water partition coefficient (Wildman–Crippen LogP) is 3.26. The van der Waals surface area contributed by atoms with Crippen molar-refractivity contribution in [1.29, 1.82) is 0 Å². The van der Waals surface area contributed by atoms with Gasteiger partial charge in [0, 0.05) is 18.7 Å². The van der Waals surface area contributed by atoms with Crippen LogP contribution in [0.2, 0.25) is 0 Å². The number of hydrogen-bond donors (Lipinski definition) is 1. The minimum absolute atomic E-state index is 0.219. The average molecular weight is 304 g/mol. The topological polar surface area (TPSA) is 38.3 Å². The molecule has 1 rings (SSSR count). The summed E-state index contributed by atoms with van der Waals surface area (Å²) in [4.78, 5) is 10.9. The largest absolute Gasteiger partial charge is 0.469 e. The highest BCUT2D eigenvalue weighted by Gasteiger charge is 2.05. The fraction of sp³-hybridized carbons (Fsp3) is 0.417. The van der Waals surface area contributed by atoms with Gasteiger partial charge in [-0.3, -0.25) is 4.79 Å². The van der Waals surface area contributed by atoms with Crippen molar-refractivity contribution in [3.05, 3.63) is 28.0 Å². The molecule has 0 spiro atoms. The minimum atomic E-state index is -0.275. The number of carbonyl (C=O) groups is 1. The molecule has 0 radical (unpaired) electrons. The molecule has 0 aliphatic heterocycles. The number of esters is 1. The van der Waals surface area contributed by atoms with Crippen molar-refractivity contribution in [3.8, 4) is 0 Å². The van der Waals surface area contributed by atoms with Crippen molar-refractivity contribution in [2.45, 2.75) is 19.8 Å². The van der Waals surface area contributed by atoms with Gasteiger partial charge < -0.3 is 10.1 Å². The Morgan fingerprint density at radius 1 is 1.53 bits per heavy atom. The minimum Gasteiger partial charge on any atom is -0.469 e. The molecule has 94 valence electrons. The van der Waals surface area contributed by atoms with Crippen LogP contribution in [0.4, 0.5) is 10.1 Å². The van der Waals surface area contributed by atoms with Crippen molar-refractivity contribution in [3.63, 3.8) is 0 Å². The predicted molar refractivity (Wildman–Crippen MR) is 68.6 cm³/mol. The molecule has 0 heterocycles. The van der Waals surface area contributed by atoms with Gasteiger partial charge in [0.2, 0.25) is 0 Å². The molecule has 0 amide bonds. The standard InChI is InChI=1S/C12H15BrFNO2/c1-8-6-10(14)9(13)7-11(8)15-5-3-4-12(16)17-2/h6-7,15H,3-5H2,1-2H3. The molecule has 0 aromatic heterocycles. The Morgan fingerprint density at radius 2 is 2.24 bits per heavy atom. The highest BCUT2D eigenvalue weighted by Crippen LogP contribution is 2.24. The summed E-state index contributed by atoms with van der Waals surface area (Å²) in [5, 5.41) is 3.16. The number of hydrogen-bond acceptors (Lipinski definition) is 3. The van der Waals surface area contributed by atoms with Crippen LogP contribution in [0.15, 0.2) is 16.6 Å². The number of methoxy groups -OCH3 is 1. The fourth-order valence-electron chi connectivity index (χ4n) is 1.39. The van der Waals surface area contributed by atoms with Crippen LogP contribution in [0, 0.1) is 12.7 Å². The maximum atomic E-state index is 13.2. The van der Waals surface area contributed by atoms with Crippen molar-refractivity contribution < 1.29 is 13.9 Å². The fourth-order valence-corrected chi connectivity index (χ4v) is 1.74.